The summed E-state index contributed by atoms with van der Waals surface area (Å²) in [6, 6.07) is 8.54. The molecule has 0 bridgehead atoms. The van der Waals surface area contributed by atoms with Gasteiger partial charge in [0.2, 0.25) is 5.91 Å². The van der Waals surface area contributed by atoms with Gasteiger partial charge in [0.05, 0.1) is 5.69 Å². The van der Waals surface area contributed by atoms with E-state index in [-0.39, 0.29) is 11.8 Å². The van der Waals surface area contributed by atoms with Crippen molar-refractivity contribution in [3.8, 4) is 11.1 Å². The summed E-state index contributed by atoms with van der Waals surface area (Å²) in [4.78, 5) is 15.4. The van der Waals surface area contributed by atoms with Crippen LogP contribution in [0.5, 0.6) is 0 Å². The fourth-order valence-corrected chi connectivity index (χ4v) is 4.41. The van der Waals surface area contributed by atoms with Crippen LogP contribution in [-0.4, -0.2) is 35.4 Å². The van der Waals surface area contributed by atoms with Gasteiger partial charge in [-0.2, -0.15) is 5.10 Å². The summed E-state index contributed by atoms with van der Waals surface area (Å²) >= 11 is 0. The van der Waals surface area contributed by atoms with E-state index in [0.717, 1.165) is 49.4 Å². The Hall–Kier alpha value is -2.14. The first-order valence-corrected chi connectivity index (χ1v) is 10.1. The van der Waals surface area contributed by atoms with Crippen molar-refractivity contribution in [2.24, 2.45) is 5.92 Å². The number of carbonyl (C=O) groups excluding carboxylic acids is 1. The highest BCUT2D eigenvalue weighted by molar-refractivity contribution is 5.99. The van der Waals surface area contributed by atoms with Gasteiger partial charge >= 0.3 is 0 Å². The maximum absolute atomic E-state index is 13.4. The van der Waals surface area contributed by atoms with Crippen LogP contribution in [0.2, 0.25) is 0 Å². The summed E-state index contributed by atoms with van der Waals surface area (Å²) in [6.07, 6.45) is 2.59. The normalized spacial score (nSPS) is 18.0. The number of amides is 1. The molecule has 0 N–H and O–H groups in total. The fourth-order valence-electron chi connectivity index (χ4n) is 4.41. The van der Waals surface area contributed by atoms with Gasteiger partial charge in [-0.1, -0.05) is 38.1 Å². The molecule has 0 radical (unpaired) electrons. The Balaban J connectivity index is 1.80. The maximum Gasteiger partial charge on any atom is 0.231 e. The van der Waals surface area contributed by atoms with Crippen molar-refractivity contribution < 1.29 is 9.53 Å². The molecule has 27 heavy (non-hydrogen) atoms. The number of ether oxygens (including phenoxy) is 1. The Morgan fingerprint density at radius 3 is 2.67 bits per heavy atom. The highest BCUT2D eigenvalue weighted by Crippen LogP contribution is 2.40. The average molecular weight is 367 g/mol. The van der Waals surface area contributed by atoms with Crippen molar-refractivity contribution >= 4 is 11.7 Å². The lowest BCUT2D eigenvalue weighted by Gasteiger charge is -2.33. The maximum atomic E-state index is 13.4. The second-order valence-corrected chi connectivity index (χ2v) is 7.98. The first kappa shape index (κ1) is 18.2. The van der Waals surface area contributed by atoms with E-state index in [1.807, 2.05) is 9.58 Å². The summed E-state index contributed by atoms with van der Waals surface area (Å²) in [6.45, 7) is 9.52. The van der Waals surface area contributed by atoms with Crippen molar-refractivity contribution in [1.29, 1.82) is 0 Å². The highest BCUT2D eigenvalue weighted by Gasteiger charge is 2.34. The minimum atomic E-state index is 0.0636. The number of anilines is 1. The molecule has 0 saturated carbocycles. The molecule has 4 rings (SSSR count). The molecule has 1 amide bonds. The van der Waals surface area contributed by atoms with Crippen molar-refractivity contribution in [2.75, 3.05) is 24.7 Å². The number of fused-ring (bicyclic) bond motifs is 1. The zero-order valence-electron chi connectivity index (χ0n) is 16.6. The summed E-state index contributed by atoms with van der Waals surface area (Å²) < 4.78 is 7.50. The molecule has 1 aromatic carbocycles. The SMILES string of the molecule is Cc1nn2c(c1-c1ccccc1C(C)C)N(C(=O)C1CCOCC1)CCC2. The number of rotatable bonds is 3. The molecule has 2 aliphatic heterocycles. The molecule has 2 aliphatic rings. The van der Waals surface area contributed by atoms with E-state index in [1.54, 1.807) is 0 Å². The van der Waals surface area contributed by atoms with E-state index in [9.17, 15) is 4.79 Å². The molecule has 5 heteroatoms. The average Bonchev–Trinajstić information content (AvgIpc) is 3.03. The quantitative estimate of drug-likeness (QED) is 0.819. The van der Waals surface area contributed by atoms with Crippen molar-refractivity contribution in [2.45, 2.75) is 52.5 Å². The van der Waals surface area contributed by atoms with Gasteiger partial charge in [0.1, 0.15) is 5.82 Å². The molecule has 1 fully saturated rings. The topological polar surface area (TPSA) is 47.4 Å². The third-order valence-electron chi connectivity index (χ3n) is 5.80. The molecule has 1 aromatic heterocycles. The van der Waals surface area contributed by atoms with Crippen molar-refractivity contribution in [3.63, 3.8) is 0 Å². The van der Waals surface area contributed by atoms with E-state index < -0.39 is 0 Å². The third kappa shape index (κ3) is 3.29. The van der Waals surface area contributed by atoms with E-state index in [2.05, 4.69) is 45.0 Å². The van der Waals surface area contributed by atoms with E-state index >= 15 is 0 Å². The molecular weight excluding hydrogens is 338 g/mol. The molecule has 0 unspecified atom stereocenters. The number of aryl methyl sites for hydroxylation is 2. The Morgan fingerprint density at radius 2 is 1.93 bits per heavy atom. The zero-order valence-corrected chi connectivity index (χ0v) is 16.6. The number of carbonyl (C=O) groups is 1. The van der Waals surface area contributed by atoms with Crippen LogP contribution in [0, 0.1) is 12.8 Å². The molecule has 5 nitrogen and oxygen atoms in total. The van der Waals surface area contributed by atoms with Crippen LogP contribution in [0.25, 0.3) is 11.1 Å². The fraction of sp³-hybridized carbons (Fsp3) is 0.545. The molecule has 1 saturated heterocycles. The van der Waals surface area contributed by atoms with E-state index in [0.29, 0.717) is 19.1 Å². The Kier molecular flexibility index (Phi) is 5.04. The molecule has 3 heterocycles. The Bertz CT molecular complexity index is 834. The summed E-state index contributed by atoms with van der Waals surface area (Å²) in [5.41, 5.74) is 4.64. The van der Waals surface area contributed by atoms with Crippen molar-refractivity contribution in [1.82, 2.24) is 9.78 Å². The summed E-state index contributed by atoms with van der Waals surface area (Å²) in [5.74, 6) is 1.71. The van der Waals surface area contributed by atoms with Gasteiger partial charge in [-0.05, 0) is 43.2 Å². The third-order valence-corrected chi connectivity index (χ3v) is 5.80. The zero-order chi connectivity index (χ0) is 19.0. The van der Waals surface area contributed by atoms with Crippen LogP contribution < -0.4 is 4.90 Å². The molecule has 0 atom stereocenters. The van der Waals surface area contributed by atoms with Gasteiger partial charge in [0.25, 0.3) is 0 Å². The van der Waals surface area contributed by atoms with Crippen LogP contribution in [0.1, 0.15) is 50.3 Å². The van der Waals surface area contributed by atoms with Gasteiger partial charge in [-0.3, -0.25) is 9.69 Å². The minimum absolute atomic E-state index is 0.0636. The number of benzene rings is 1. The summed E-state index contributed by atoms with van der Waals surface area (Å²) in [5, 5.41) is 4.80. The lowest BCUT2D eigenvalue weighted by atomic mass is 9.91. The van der Waals surface area contributed by atoms with Gasteiger partial charge in [-0.15, -0.1) is 0 Å². The number of hydrogen-bond acceptors (Lipinski definition) is 3. The number of nitrogens with zero attached hydrogens (tertiary/aromatic N) is 3. The predicted molar refractivity (Wildman–Crippen MR) is 107 cm³/mol. The standard InChI is InChI=1S/C22H29N3O2/c1-15(2)18-7-4-5-8-19(18)20-16(3)23-25-12-6-11-24(21(20)25)22(26)17-9-13-27-14-10-17/h4-5,7-8,15,17H,6,9-14H2,1-3H3. The molecule has 0 aliphatic carbocycles. The van der Waals surface area contributed by atoms with Gasteiger partial charge < -0.3 is 4.74 Å². The van der Waals surface area contributed by atoms with E-state index in [1.165, 1.54) is 11.1 Å². The largest absolute Gasteiger partial charge is 0.381 e. The van der Waals surface area contributed by atoms with Gasteiger partial charge in [0, 0.05) is 37.8 Å². The van der Waals surface area contributed by atoms with Crippen LogP contribution in [-0.2, 0) is 16.1 Å². The summed E-state index contributed by atoms with van der Waals surface area (Å²) in [7, 11) is 0. The minimum Gasteiger partial charge on any atom is -0.381 e. The lowest BCUT2D eigenvalue weighted by Crippen LogP contribution is -2.43. The van der Waals surface area contributed by atoms with Crippen LogP contribution in [0.4, 0.5) is 5.82 Å². The Morgan fingerprint density at radius 1 is 1.19 bits per heavy atom. The second kappa shape index (κ2) is 7.47. The van der Waals surface area contributed by atoms with Gasteiger partial charge in [-0.25, -0.2) is 4.68 Å². The molecular formula is C22H29N3O2. The van der Waals surface area contributed by atoms with Crippen LogP contribution in [0.3, 0.4) is 0 Å². The molecule has 144 valence electrons. The lowest BCUT2D eigenvalue weighted by molar-refractivity contribution is -0.125. The first-order chi connectivity index (χ1) is 13.1. The van der Waals surface area contributed by atoms with Gasteiger partial charge in [0.15, 0.2) is 0 Å². The van der Waals surface area contributed by atoms with Crippen molar-refractivity contribution in [3.05, 3.63) is 35.5 Å². The van der Waals surface area contributed by atoms with Crippen LogP contribution >= 0.6 is 0 Å². The Labute approximate surface area is 161 Å². The first-order valence-electron chi connectivity index (χ1n) is 10.1. The number of aromatic nitrogens is 2. The predicted octanol–water partition coefficient (Wildman–Crippen LogP) is 4.15. The smallest absolute Gasteiger partial charge is 0.231 e. The molecule has 0 spiro atoms. The van der Waals surface area contributed by atoms with Crippen LogP contribution in [0.15, 0.2) is 24.3 Å². The van der Waals surface area contributed by atoms with E-state index in [4.69, 9.17) is 9.84 Å². The highest BCUT2D eigenvalue weighted by atomic mass is 16.5. The number of hydrogen-bond donors (Lipinski definition) is 0. The molecule has 2 aromatic rings. The second-order valence-electron chi connectivity index (χ2n) is 7.98. The monoisotopic (exact) mass is 367 g/mol.